The summed E-state index contributed by atoms with van der Waals surface area (Å²) >= 11 is 9.66. The predicted octanol–water partition coefficient (Wildman–Crippen LogP) is 4.38. The first kappa shape index (κ1) is 18.8. The molecule has 2 rings (SSSR count). The van der Waals surface area contributed by atoms with Gasteiger partial charge >= 0.3 is 13.1 Å². The van der Waals surface area contributed by atoms with Gasteiger partial charge in [-0.1, -0.05) is 27.5 Å². The maximum Gasteiger partial charge on any atom is 0.466 e. The summed E-state index contributed by atoms with van der Waals surface area (Å²) < 4.78 is 17.9. The van der Waals surface area contributed by atoms with Gasteiger partial charge < -0.3 is 14.0 Å². The van der Waals surface area contributed by atoms with E-state index in [1.807, 2.05) is 39.8 Å². The molecule has 0 saturated carbocycles. The highest BCUT2D eigenvalue weighted by molar-refractivity contribution is 9.10. The SMILES string of the molecule is COC(=O)CC(B1OC(C)(C)C(C)(C)O1)c1cc(Cl)ccc1Br. The molecule has 0 amide bonds. The van der Waals surface area contributed by atoms with Crippen LogP contribution in [0.15, 0.2) is 22.7 Å². The third-order valence-corrected chi connectivity index (χ3v) is 5.53. The molecule has 1 aliphatic rings. The molecule has 1 aliphatic heterocycles. The zero-order chi connectivity index (χ0) is 17.4. The predicted molar refractivity (Wildman–Crippen MR) is 94.6 cm³/mol. The molecule has 0 N–H and O–H groups in total. The van der Waals surface area contributed by atoms with Gasteiger partial charge in [-0.25, -0.2) is 0 Å². The average molecular weight is 404 g/mol. The van der Waals surface area contributed by atoms with E-state index in [4.69, 9.17) is 25.6 Å². The Morgan fingerprint density at radius 2 is 1.87 bits per heavy atom. The fourth-order valence-electron chi connectivity index (χ4n) is 2.47. The smallest absolute Gasteiger partial charge is 0.466 e. The van der Waals surface area contributed by atoms with E-state index in [-0.39, 0.29) is 18.2 Å². The maximum absolute atomic E-state index is 11.9. The van der Waals surface area contributed by atoms with Crippen LogP contribution in [0.25, 0.3) is 0 Å². The number of halogens is 2. The second-order valence-corrected chi connectivity index (χ2v) is 7.97. The first-order valence-corrected chi connectivity index (χ1v) is 8.62. The molecule has 1 saturated heterocycles. The number of benzene rings is 1. The zero-order valence-corrected chi connectivity index (χ0v) is 16.3. The Morgan fingerprint density at radius 3 is 2.39 bits per heavy atom. The van der Waals surface area contributed by atoms with E-state index in [0.717, 1.165) is 10.0 Å². The molecule has 0 aromatic heterocycles. The van der Waals surface area contributed by atoms with Gasteiger partial charge in [0, 0.05) is 15.3 Å². The molecular weight excluding hydrogens is 382 g/mol. The van der Waals surface area contributed by atoms with Gasteiger partial charge in [-0.2, -0.15) is 0 Å². The van der Waals surface area contributed by atoms with Gasteiger partial charge in [-0.3, -0.25) is 4.79 Å². The summed E-state index contributed by atoms with van der Waals surface area (Å²) in [6, 6.07) is 5.46. The molecule has 23 heavy (non-hydrogen) atoms. The summed E-state index contributed by atoms with van der Waals surface area (Å²) in [6.45, 7) is 7.93. The van der Waals surface area contributed by atoms with Crippen molar-refractivity contribution < 1.29 is 18.8 Å². The van der Waals surface area contributed by atoms with Crippen molar-refractivity contribution in [3.05, 3.63) is 33.3 Å². The lowest BCUT2D eigenvalue weighted by atomic mass is 9.66. The van der Waals surface area contributed by atoms with E-state index in [1.165, 1.54) is 7.11 Å². The molecule has 1 fully saturated rings. The van der Waals surface area contributed by atoms with Gasteiger partial charge in [0.25, 0.3) is 0 Å². The van der Waals surface area contributed by atoms with Gasteiger partial charge in [-0.05, 0) is 51.5 Å². The lowest BCUT2D eigenvalue weighted by Crippen LogP contribution is -2.41. The zero-order valence-electron chi connectivity index (χ0n) is 14.0. The molecule has 0 spiro atoms. The molecule has 126 valence electrons. The summed E-state index contributed by atoms with van der Waals surface area (Å²) in [5.74, 6) is -0.645. The van der Waals surface area contributed by atoms with Crippen LogP contribution in [0.5, 0.6) is 0 Å². The van der Waals surface area contributed by atoms with Crippen molar-refractivity contribution in [3.8, 4) is 0 Å². The second kappa shape index (κ2) is 6.75. The number of esters is 1. The minimum atomic E-state index is -0.561. The Morgan fingerprint density at radius 1 is 1.30 bits per heavy atom. The van der Waals surface area contributed by atoms with Crippen LogP contribution >= 0.6 is 27.5 Å². The van der Waals surface area contributed by atoms with Crippen LogP contribution in [0, 0.1) is 0 Å². The summed E-state index contributed by atoms with van der Waals surface area (Å²) in [6.07, 6.45) is 0.145. The van der Waals surface area contributed by atoms with Crippen LogP contribution in [0.1, 0.15) is 45.5 Å². The highest BCUT2D eigenvalue weighted by Crippen LogP contribution is 2.43. The normalized spacial score (nSPS) is 20.4. The van der Waals surface area contributed by atoms with Crippen LogP contribution in [0.2, 0.25) is 5.02 Å². The van der Waals surface area contributed by atoms with Crippen molar-refractivity contribution in [1.29, 1.82) is 0 Å². The van der Waals surface area contributed by atoms with Gasteiger partial charge in [-0.15, -0.1) is 0 Å². The first-order valence-electron chi connectivity index (χ1n) is 7.45. The van der Waals surface area contributed by atoms with E-state index in [1.54, 1.807) is 6.07 Å². The molecule has 0 aliphatic carbocycles. The highest BCUT2D eigenvalue weighted by Gasteiger charge is 2.54. The number of methoxy groups -OCH3 is 1. The molecule has 0 bridgehead atoms. The van der Waals surface area contributed by atoms with Crippen molar-refractivity contribution in [3.63, 3.8) is 0 Å². The molecule has 4 nitrogen and oxygen atoms in total. The molecule has 1 aromatic rings. The fraction of sp³-hybridized carbons (Fsp3) is 0.562. The monoisotopic (exact) mass is 402 g/mol. The minimum absolute atomic E-state index is 0.145. The topological polar surface area (TPSA) is 44.8 Å². The van der Waals surface area contributed by atoms with Crippen molar-refractivity contribution in [2.75, 3.05) is 7.11 Å². The lowest BCUT2D eigenvalue weighted by Gasteiger charge is -2.32. The van der Waals surface area contributed by atoms with Gasteiger partial charge in [0.05, 0.1) is 24.7 Å². The van der Waals surface area contributed by atoms with Crippen LogP contribution in [-0.2, 0) is 18.8 Å². The summed E-state index contributed by atoms with van der Waals surface area (Å²) in [4.78, 5) is 11.9. The van der Waals surface area contributed by atoms with E-state index in [2.05, 4.69) is 15.9 Å². The van der Waals surface area contributed by atoms with Crippen LogP contribution in [0.3, 0.4) is 0 Å². The van der Waals surface area contributed by atoms with Crippen LogP contribution in [0.4, 0.5) is 0 Å². The third kappa shape index (κ3) is 3.93. The Kier molecular flexibility index (Phi) is 5.51. The van der Waals surface area contributed by atoms with Crippen molar-refractivity contribution >= 4 is 40.6 Å². The Bertz CT molecular complexity index is 590. The van der Waals surface area contributed by atoms with Gasteiger partial charge in [0.1, 0.15) is 0 Å². The summed E-state index contributed by atoms with van der Waals surface area (Å²) in [5, 5.41) is 0.592. The van der Waals surface area contributed by atoms with E-state index >= 15 is 0 Å². The molecule has 7 heteroatoms. The Hall–Kier alpha value is -0.555. The van der Waals surface area contributed by atoms with E-state index in [0.29, 0.717) is 5.02 Å². The van der Waals surface area contributed by atoms with E-state index in [9.17, 15) is 4.79 Å². The van der Waals surface area contributed by atoms with Gasteiger partial charge in [0.15, 0.2) is 0 Å². The molecule has 0 radical (unpaired) electrons. The third-order valence-electron chi connectivity index (χ3n) is 4.57. The largest absolute Gasteiger partial charge is 0.469 e. The minimum Gasteiger partial charge on any atom is -0.469 e. The number of ether oxygens (including phenoxy) is 1. The summed E-state index contributed by atoms with van der Waals surface area (Å²) in [7, 11) is 0.810. The molecule has 1 aromatic carbocycles. The second-order valence-electron chi connectivity index (χ2n) is 6.68. The van der Waals surface area contributed by atoms with E-state index < -0.39 is 18.3 Å². The van der Waals surface area contributed by atoms with Crippen LogP contribution < -0.4 is 0 Å². The number of hydrogen-bond donors (Lipinski definition) is 0. The molecule has 1 unspecified atom stereocenters. The summed E-state index contributed by atoms with van der Waals surface area (Å²) in [5.41, 5.74) is -0.0878. The highest BCUT2D eigenvalue weighted by atomic mass is 79.9. The number of carbonyl (C=O) groups excluding carboxylic acids is 1. The Labute approximate surface area is 151 Å². The number of carbonyl (C=O) groups is 1. The Balaban J connectivity index is 2.40. The molecule has 1 heterocycles. The van der Waals surface area contributed by atoms with Crippen molar-refractivity contribution in [1.82, 2.24) is 0 Å². The number of rotatable bonds is 4. The average Bonchev–Trinajstić information content (AvgIpc) is 2.67. The standard InChI is InChI=1S/C16H21BBrClO4/c1-15(2)16(3,4)23-17(22-15)12(9-14(20)21-5)11-8-10(19)6-7-13(11)18/h6-8,12H,9H2,1-5H3. The lowest BCUT2D eigenvalue weighted by molar-refractivity contribution is -0.140. The van der Waals surface area contributed by atoms with Crippen molar-refractivity contribution in [2.45, 2.75) is 51.1 Å². The fourth-order valence-corrected chi connectivity index (χ4v) is 3.19. The first-order chi connectivity index (χ1) is 10.6. The quantitative estimate of drug-likeness (QED) is 0.553. The maximum atomic E-state index is 11.9. The molecule has 1 atom stereocenters. The van der Waals surface area contributed by atoms with Crippen LogP contribution in [-0.4, -0.2) is 31.4 Å². The van der Waals surface area contributed by atoms with Crippen molar-refractivity contribution in [2.24, 2.45) is 0 Å². The molecular formula is C16H21BBrClO4. The number of hydrogen-bond acceptors (Lipinski definition) is 4. The van der Waals surface area contributed by atoms with Gasteiger partial charge in [0.2, 0.25) is 0 Å².